The number of anilines is 1. The summed E-state index contributed by atoms with van der Waals surface area (Å²) in [7, 11) is 1.52. The van der Waals surface area contributed by atoms with Crippen LogP contribution in [0.25, 0.3) is 6.08 Å². The standard InChI is InChI=1S/C25H26BrClN2O5/c1-4-5-6-7-10-34-22-19(26)12-16(13-21(22)33-3)11-18-23(30)28-25(32)29(24(18)31)17-9-8-15(2)20(27)14-17/h8-9,11-14H,4-7,10H2,1-3H3,(H,28,30,32)/b18-11+. The van der Waals surface area contributed by atoms with Gasteiger partial charge in [0.15, 0.2) is 11.5 Å². The molecule has 0 aromatic heterocycles. The van der Waals surface area contributed by atoms with Gasteiger partial charge in [-0.05, 0) is 70.7 Å². The lowest BCUT2D eigenvalue weighted by Gasteiger charge is -2.26. The molecule has 1 aliphatic rings. The molecule has 1 heterocycles. The second-order valence-corrected chi connectivity index (χ2v) is 9.10. The molecule has 180 valence electrons. The quantitative estimate of drug-likeness (QED) is 0.234. The van der Waals surface area contributed by atoms with Crippen molar-refractivity contribution in [2.24, 2.45) is 0 Å². The van der Waals surface area contributed by atoms with Gasteiger partial charge < -0.3 is 9.47 Å². The van der Waals surface area contributed by atoms with E-state index in [1.807, 2.05) is 6.92 Å². The molecule has 2 aromatic carbocycles. The number of ether oxygens (including phenoxy) is 2. The van der Waals surface area contributed by atoms with Gasteiger partial charge in [0.2, 0.25) is 0 Å². The van der Waals surface area contributed by atoms with E-state index in [-0.39, 0.29) is 11.3 Å². The number of nitrogens with one attached hydrogen (secondary N) is 1. The first-order valence-corrected chi connectivity index (χ1v) is 12.1. The molecule has 0 spiro atoms. The maximum atomic E-state index is 13.1. The number of benzene rings is 2. The topological polar surface area (TPSA) is 84.9 Å². The molecule has 9 heteroatoms. The Kier molecular flexibility index (Phi) is 8.74. The highest BCUT2D eigenvalue weighted by Gasteiger charge is 2.37. The molecule has 1 N–H and O–H groups in total. The van der Waals surface area contributed by atoms with Crippen LogP contribution in [0.4, 0.5) is 10.5 Å². The highest BCUT2D eigenvalue weighted by molar-refractivity contribution is 9.10. The van der Waals surface area contributed by atoms with Crippen molar-refractivity contribution in [3.8, 4) is 11.5 Å². The number of urea groups is 1. The van der Waals surface area contributed by atoms with Crippen LogP contribution in [0, 0.1) is 6.92 Å². The molecule has 1 fully saturated rings. The predicted molar refractivity (Wildman–Crippen MR) is 136 cm³/mol. The van der Waals surface area contributed by atoms with E-state index in [1.165, 1.54) is 19.3 Å². The smallest absolute Gasteiger partial charge is 0.335 e. The first-order valence-electron chi connectivity index (χ1n) is 10.9. The van der Waals surface area contributed by atoms with Crippen LogP contribution in [0.1, 0.15) is 43.7 Å². The summed E-state index contributed by atoms with van der Waals surface area (Å²) in [6.45, 7) is 4.51. The van der Waals surface area contributed by atoms with Crippen molar-refractivity contribution >= 4 is 57.1 Å². The van der Waals surface area contributed by atoms with Crippen molar-refractivity contribution in [1.82, 2.24) is 5.32 Å². The van der Waals surface area contributed by atoms with Gasteiger partial charge >= 0.3 is 6.03 Å². The number of aryl methyl sites for hydroxylation is 1. The van der Waals surface area contributed by atoms with E-state index < -0.39 is 17.8 Å². The molecule has 4 amide bonds. The zero-order valence-corrected chi connectivity index (χ0v) is 21.6. The molecule has 34 heavy (non-hydrogen) atoms. The summed E-state index contributed by atoms with van der Waals surface area (Å²) >= 11 is 9.66. The lowest BCUT2D eigenvalue weighted by atomic mass is 10.1. The first-order chi connectivity index (χ1) is 16.3. The Hall–Kier alpha value is -2.84. The van der Waals surface area contributed by atoms with Gasteiger partial charge in [0.05, 0.1) is 23.9 Å². The molecule has 0 radical (unpaired) electrons. The predicted octanol–water partition coefficient (Wildman–Crippen LogP) is 6.05. The highest BCUT2D eigenvalue weighted by atomic mass is 79.9. The molecule has 0 unspecified atom stereocenters. The normalized spacial score (nSPS) is 15.0. The molecule has 3 rings (SSSR count). The van der Waals surface area contributed by atoms with E-state index >= 15 is 0 Å². The average molecular weight is 550 g/mol. The Balaban J connectivity index is 1.90. The van der Waals surface area contributed by atoms with Crippen LogP contribution in [0.15, 0.2) is 40.4 Å². The number of hydrogen-bond acceptors (Lipinski definition) is 5. The van der Waals surface area contributed by atoms with Gasteiger partial charge in [-0.25, -0.2) is 9.69 Å². The molecule has 2 aromatic rings. The third-order valence-electron chi connectivity index (χ3n) is 5.32. The number of amides is 4. The van der Waals surface area contributed by atoms with Gasteiger partial charge in [-0.15, -0.1) is 0 Å². The largest absolute Gasteiger partial charge is 0.493 e. The summed E-state index contributed by atoms with van der Waals surface area (Å²) in [5, 5.41) is 2.61. The first kappa shape index (κ1) is 25.8. The van der Waals surface area contributed by atoms with Gasteiger partial charge in [-0.1, -0.05) is 43.9 Å². The van der Waals surface area contributed by atoms with Crippen LogP contribution in [0.2, 0.25) is 5.02 Å². The summed E-state index contributed by atoms with van der Waals surface area (Å²) < 4.78 is 12.0. The number of imide groups is 2. The number of methoxy groups -OCH3 is 1. The highest BCUT2D eigenvalue weighted by Crippen LogP contribution is 2.38. The molecule has 0 bridgehead atoms. The number of carbonyl (C=O) groups excluding carboxylic acids is 3. The maximum Gasteiger partial charge on any atom is 0.335 e. The average Bonchev–Trinajstić information content (AvgIpc) is 2.79. The SMILES string of the molecule is CCCCCCOc1c(Br)cc(/C=C2\C(=O)NC(=O)N(c3ccc(C)c(Cl)c3)C2=O)cc1OC. The van der Waals surface area contributed by atoms with Gasteiger partial charge in [0, 0.05) is 5.02 Å². The number of carbonyl (C=O) groups is 3. The molecule has 0 aliphatic carbocycles. The summed E-state index contributed by atoms with van der Waals surface area (Å²) in [6.07, 6.45) is 5.71. The second-order valence-electron chi connectivity index (χ2n) is 7.83. The third-order valence-corrected chi connectivity index (χ3v) is 6.32. The van der Waals surface area contributed by atoms with E-state index in [2.05, 4.69) is 28.2 Å². The van der Waals surface area contributed by atoms with Crippen molar-refractivity contribution in [3.05, 3.63) is 56.5 Å². The fraction of sp³-hybridized carbons (Fsp3) is 0.320. The van der Waals surface area contributed by atoms with Crippen molar-refractivity contribution in [2.75, 3.05) is 18.6 Å². The Bertz CT molecular complexity index is 1150. The summed E-state index contributed by atoms with van der Waals surface area (Å²) in [5.74, 6) is -0.527. The molecule has 0 saturated carbocycles. The summed E-state index contributed by atoms with van der Waals surface area (Å²) in [5.41, 5.74) is 1.39. The number of halogens is 2. The van der Waals surface area contributed by atoms with Gasteiger partial charge in [-0.2, -0.15) is 0 Å². The Labute approximate surface area is 212 Å². The Morgan fingerprint density at radius 3 is 2.56 bits per heavy atom. The fourth-order valence-corrected chi connectivity index (χ4v) is 4.19. The molecule has 1 aliphatic heterocycles. The molecular weight excluding hydrogens is 524 g/mol. The van der Waals surface area contributed by atoms with E-state index in [0.717, 1.165) is 36.1 Å². The third kappa shape index (κ3) is 5.80. The van der Waals surface area contributed by atoms with Crippen LogP contribution < -0.4 is 19.7 Å². The van der Waals surface area contributed by atoms with Gasteiger partial charge in [0.25, 0.3) is 11.8 Å². The van der Waals surface area contributed by atoms with E-state index in [0.29, 0.717) is 33.2 Å². The van der Waals surface area contributed by atoms with Crippen LogP contribution in [0.3, 0.4) is 0 Å². The van der Waals surface area contributed by atoms with Crippen molar-refractivity contribution in [2.45, 2.75) is 39.5 Å². The van der Waals surface area contributed by atoms with Crippen LogP contribution in [-0.4, -0.2) is 31.6 Å². The van der Waals surface area contributed by atoms with E-state index in [9.17, 15) is 14.4 Å². The van der Waals surface area contributed by atoms with E-state index in [1.54, 1.807) is 24.3 Å². The number of unbranched alkanes of at least 4 members (excludes halogenated alkanes) is 3. The zero-order valence-electron chi connectivity index (χ0n) is 19.2. The maximum absolute atomic E-state index is 13.1. The molecule has 0 atom stereocenters. The summed E-state index contributed by atoms with van der Waals surface area (Å²) in [6, 6.07) is 7.36. The second kappa shape index (κ2) is 11.5. The van der Waals surface area contributed by atoms with E-state index in [4.69, 9.17) is 21.1 Å². The molecule has 7 nitrogen and oxygen atoms in total. The van der Waals surface area contributed by atoms with Gasteiger partial charge in [0.1, 0.15) is 5.57 Å². The molecule has 1 saturated heterocycles. The van der Waals surface area contributed by atoms with Crippen molar-refractivity contribution in [3.63, 3.8) is 0 Å². The number of nitrogens with zero attached hydrogens (tertiary/aromatic N) is 1. The van der Waals surface area contributed by atoms with Crippen molar-refractivity contribution in [1.29, 1.82) is 0 Å². The van der Waals surface area contributed by atoms with Crippen molar-refractivity contribution < 1.29 is 23.9 Å². The Morgan fingerprint density at radius 1 is 1.12 bits per heavy atom. The number of barbiturate groups is 1. The minimum absolute atomic E-state index is 0.196. The summed E-state index contributed by atoms with van der Waals surface area (Å²) in [4.78, 5) is 39.0. The zero-order chi connectivity index (χ0) is 24.8. The number of hydrogen-bond donors (Lipinski definition) is 1. The Morgan fingerprint density at radius 2 is 1.88 bits per heavy atom. The van der Waals surface area contributed by atoms with Gasteiger partial charge in [-0.3, -0.25) is 14.9 Å². The van der Waals surface area contributed by atoms with Crippen LogP contribution in [0.5, 0.6) is 11.5 Å². The lowest BCUT2D eigenvalue weighted by molar-refractivity contribution is -0.122. The monoisotopic (exact) mass is 548 g/mol. The minimum Gasteiger partial charge on any atom is -0.493 e. The minimum atomic E-state index is -0.836. The van der Waals surface area contributed by atoms with Crippen LogP contribution >= 0.6 is 27.5 Å². The number of rotatable bonds is 9. The van der Waals surface area contributed by atoms with Crippen LogP contribution in [-0.2, 0) is 9.59 Å². The fourth-order valence-electron chi connectivity index (χ4n) is 3.45. The lowest BCUT2D eigenvalue weighted by Crippen LogP contribution is -2.54. The molecular formula is C25H26BrClN2O5.